The first-order valence-electron chi connectivity index (χ1n) is 7.34. The molecule has 1 unspecified atom stereocenters. The minimum atomic E-state index is -0.789. The van der Waals surface area contributed by atoms with Crippen molar-refractivity contribution in [2.24, 2.45) is 5.92 Å². The summed E-state index contributed by atoms with van der Waals surface area (Å²) in [4.78, 5) is 12.2. The summed E-state index contributed by atoms with van der Waals surface area (Å²) < 4.78 is 27.7. The fourth-order valence-electron chi connectivity index (χ4n) is 2.32. The van der Waals surface area contributed by atoms with Gasteiger partial charge < -0.3 is 10.4 Å². The summed E-state index contributed by atoms with van der Waals surface area (Å²) in [6.45, 7) is 3.97. The highest BCUT2D eigenvalue weighted by Gasteiger charge is 2.21. The molecule has 1 aromatic carbocycles. The van der Waals surface area contributed by atoms with Crippen molar-refractivity contribution in [3.05, 3.63) is 41.6 Å². The number of carbonyl (C=O) groups is 1. The van der Waals surface area contributed by atoms with E-state index in [4.69, 9.17) is 0 Å². The minimum absolute atomic E-state index is 0.0192. The number of amides is 1. The number of aromatic nitrogens is 2. The van der Waals surface area contributed by atoms with Crippen molar-refractivity contribution < 1.29 is 18.7 Å². The molecule has 2 aromatic rings. The predicted octanol–water partition coefficient (Wildman–Crippen LogP) is 2.49. The van der Waals surface area contributed by atoms with E-state index >= 15 is 0 Å². The van der Waals surface area contributed by atoms with Crippen LogP contribution in [-0.2, 0) is 0 Å². The summed E-state index contributed by atoms with van der Waals surface area (Å²) in [7, 11) is 0. The first-order chi connectivity index (χ1) is 10.9. The van der Waals surface area contributed by atoms with Crippen LogP contribution in [0.25, 0.3) is 11.3 Å². The van der Waals surface area contributed by atoms with Crippen LogP contribution in [0.2, 0.25) is 0 Å². The Morgan fingerprint density at radius 2 is 2.00 bits per heavy atom. The third-order valence-corrected chi connectivity index (χ3v) is 3.34. The molecule has 0 aliphatic rings. The molecule has 1 heterocycles. The van der Waals surface area contributed by atoms with Crippen molar-refractivity contribution in [3.63, 3.8) is 0 Å². The Morgan fingerprint density at radius 3 is 2.61 bits per heavy atom. The number of hydrogen-bond donors (Lipinski definition) is 3. The zero-order chi connectivity index (χ0) is 17.0. The molecule has 0 aliphatic carbocycles. The number of nitrogens with zero attached hydrogens (tertiary/aromatic N) is 1. The van der Waals surface area contributed by atoms with E-state index in [-0.39, 0.29) is 23.4 Å². The first kappa shape index (κ1) is 17.1. The predicted molar refractivity (Wildman–Crippen MR) is 81.7 cm³/mol. The van der Waals surface area contributed by atoms with E-state index in [0.29, 0.717) is 12.3 Å². The number of carbonyl (C=O) groups excluding carboxylic acids is 1. The highest BCUT2D eigenvalue weighted by atomic mass is 19.1. The van der Waals surface area contributed by atoms with Gasteiger partial charge in [0.2, 0.25) is 0 Å². The van der Waals surface area contributed by atoms with Crippen LogP contribution in [0, 0.1) is 17.6 Å². The Morgan fingerprint density at radius 1 is 1.35 bits per heavy atom. The molecule has 23 heavy (non-hydrogen) atoms. The van der Waals surface area contributed by atoms with E-state index in [9.17, 15) is 18.7 Å². The van der Waals surface area contributed by atoms with Gasteiger partial charge in [0.05, 0.1) is 29.1 Å². The number of nitrogens with one attached hydrogen (secondary N) is 2. The molecule has 2 rings (SSSR count). The number of hydrogen-bond acceptors (Lipinski definition) is 3. The van der Waals surface area contributed by atoms with Crippen LogP contribution in [0.4, 0.5) is 8.78 Å². The van der Waals surface area contributed by atoms with Gasteiger partial charge in [0.25, 0.3) is 5.91 Å². The van der Waals surface area contributed by atoms with Crippen LogP contribution < -0.4 is 5.32 Å². The number of aromatic amines is 1. The van der Waals surface area contributed by atoms with Gasteiger partial charge in [0.1, 0.15) is 11.6 Å². The number of halogens is 2. The van der Waals surface area contributed by atoms with Gasteiger partial charge in [-0.25, -0.2) is 8.78 Å². The van der Waals surface area contributed by atoms with E-state index in [1.165, 1.54) is 12.3 Å². The zero-order valence-corrected chi connectivity index (χ0v) is 12.9. The van der Waals surface area contributed by atoms with E-state index in [1.807, 2.05) is 13.8 Å². The smallest absolute Gasteiger partial charge is 0.255 e. The van der Waals surface area contributed by atoms with Gasteiger partial charge in [-0.3, -0.25) is 9.89 Å². The molecule has 7 heteroatoms. The Labute approximate surface area is 132 Å². The summed E-state index contributed by atoms with van der Waals surface area (Å²) in [5.41, 5.74) is -0.347. The topological polar surface area (TPSA) is 78.0 Å². The maximum atomic E-state index is 13.9. The van der Waals surface area contributed by atoms with Crippen molar-refractivity contribution in [3.8, 4) is 11.3 Å². The second-order valence-corrected chi connectivity index (χ2v) is 5.75. The fourth-order valence-corrected chi connectivity index (χ4v) is 2.32. The largest absolute Gasteiger partial charge is 0.391 e. The molecule has 0 fully saturated rings. The molecule has 0 saturated heterocycles. The van der Waals surface area contributed by atoms with Gasteiger partial charge in [-0.2, -0.15) is 5.10 Å². The van der Waals surface area contributed by atoms with Crippen molar-refractivity contribution in [2.75, 3.05) is 6.54 Å². The molecule has 0 spiro atoms. The van der Waals surface area contributed by atoms with Crippen LogP contribution in [0.1, 0.15) is 30.6 Å². The number of aliphatic hydroxyl groups excluding tert-OH is 1. The molecular formula is C16H19F2N3O2. The molecule has 1 atom stereocenters. The first-order valence-corrected chi connectivity index (χ1v) is 7.34. The maximum Gasteiger partial charge on any atom is 0.255 e. The molecule has 0 saturated carbocycles. The molecule has 1 amide bonds. The van der Waals surface area contributed by atoms with Crippen LogP contribution in [0.5, 0.6) is 0 Å². The van der Waals surface area contributed by atoms with Crippen LogP contribution in [-0.4, -0.2) is 33.9 Å². The molecule has 5 nitrogen and oxygen atoms in total. The average molecular weight is 323 g/mol. The van der Waals surface area contributed by atoms with Gasteiger partial charge in [-0.1, -0.05) is 19.9 Å². The van der Waals surface area contributed by atoms with Crippen LogP contribution in [0.15, 0.2) is 24.4 Å². The van der Waals surface area contributed by atoms with Crippen molar-refractivity contribution in [2.45, 2.75) is 26.4 Å². The van der Waals surface area contributed by atoms with Gasteiger partial charge in [0.15, 0.2) is 0 Å². The number of H-pyrrole nitrogens is 1. The van der Waals surface area contributed by atoms with E-state index in [1.54, 1.807) is 0 Å². The molecule has 0 aliphatic heterocycles. The maximum absolute atomic E-state index is 13.9. The third-order valence-electron chi connectivity index (χ3n) is 3.34. The molecule has 1 aromatic heterocycles. The van der Waals surface area contributed by atoms with Crippen LogP contribution in [0.3, 0.4) is 0 Å². The summed E-state index contributed by atoms with van der Waals surface area (Å²) in [5, 5.41) is 18.5. The quantitative estimate of drug-likeness (QED) is 0.764. The van der Waals surface area contributed by atoms with Crippen molar-refractivity contribution in [1.82, 2.24) is 15.5 Å². The summed E-state index contributed by atoms with van der Waals surface area (Å²) in [6, 6.07) is 3.45. The lowest BCUT2D eigenvalue weighted by Crippen LogP contribution is -2.32. The highest BCUT2D eigenvalue weighted by Crippen LogP contribution is 2.26. The van der Waals surface area contributed by atoms with Crippen LogP contribution >= 0.6 is 0 Å². The van der Waals surface area contributed by atoms with Gasteiger partial charge in [-0.05, 0) is 24.5 Å². The van der Waals surface area contributed by atoms with Gasteiger partial charge in [0, 0.05) is 6.54 Å². The van der Waals surface area contributed by atoms with Gasteiger partial charge >= 0.3 is 0 Å². The lowest BCUT2D eigenvalue weighted by Gasteiger charge is -2.14. The second-order valence-electron chi connectivity index (χ2n) is 5.75. The second kappa shape index (κ2) is 7.32. The normalized spacial score (nSPS) is 12.4. The summed E-state index contributed by atoms with van der Waals surface area (Å²) in [6.07, 6.45) is 1.06. The van der Waals surface area contributed by atoms with E-state index in [2.05, 4.69) is 15.5 Å². The number of benzene rings is 1. The fraction of sp³-hybridized carbons (Fsp3) is 0.375. The lowest BCUT2D eigenvalue weighted by molar-refractivity contribution is 0.0901. The summed E-state index contributed by atoms with van der Waals surface area (Å²) in [5.74, 6) is -1.84. The lowest BCUT2D eigenvalue weighted by atomic mass is 10.1. The summed E-state index contributed by atoms with van der Waals surface area (Å²) >= 11 is 0. The standard InChI is InChI=1S/C16H19F2N3O2/c1-9(2)6-10(22)7-19-16(23)11-8-20-21-15(11)14-12(17)4-3-5-13(14)18/h3-5,8-10,22H,6-7H2,1-2H3,(H,19,23)(H,20,21). The Balaban J connectivity index is 2.16. The monoisotopic (exact) mass is 323 g/mol. The van der Waals surface area contributed by atoms with Crippen molar-refractivity contribution in [1.29, 1.82) is 0 Å². The zero-order valence-electron chi connectivity index (χ0n) is 12.9. The molecule has 124 valence electrons. The minimum Gasteiger partial charge on any atom is -0.391 e. The van der Waals surface area contributed by atoms with E-state index < -0.39 is 23.6 Å². The molecule has 3 N–H and O–H groups in total. The highest BCUT2D eigenvalue weighted by molar-refractivity contribution is 5.99. The molecular weight excluding hydrogens is 304 g/mol. The Bertz CT molecular complexity index is 665. The Kier molecular flexibility index (Phi) is 5.44. The average Bonchev–Trinajstić information content (AvgIpc) is 2.93. The molecule has 0 radical (unpaired) electrons. The number of rotatable bonds is 6. The third kappa shape index (κ3) is 4.13. The van der Waals surface area contributed by atoms with E-state index in [0.717, 1.165) is 12.1 Å². The molecule has 0 bridgehead atoms. The SMILES string of the molecule is CC(C)CC(O)CNC(=O)c1cn[nH]c1-c1c(F)cccc1F. The van der Waals surface area contributed by atoms with Gasteiger partial charge in [-0.15, -0.1) is 0 Å². The van der Waals surface area contributed by atoms with Crippen molar-refractivity contribution >= 4 is 5.91 Å². The number of aliphatic hydroxyl groups is 1. The Hall–Kier alpha value is -2.28.